The van der Waals surface area contributed by atoms with Gasteiger partial charge in [-0.05, 0) is 31.4 Å². The van der Waals surface area contributed by atoms with Crippen molar-refractivity contribution < 1.29 is 9.59 Å². The molecule has 0 aliphatic heterocycles. The molecule has 4 heteroatoms. The fourth-order valence-corrected chi connectivity index (χ4v) is 1.96. The molecule has 0 saturated heterocycles. The number of aryl methyl sites for hydroxylation is 1. The summed E-state index contributed by atoms with van der Waals surface area (Å²) in [5.41, 5.74) is 1.68. The molecule has 0 aliphatic rings. The molecule has 2 N–H and O–H groups in total. The van der Waals surface area contributed by atoms with Crippen molar-refractivity contribution in [3.05, 3.63) is 35.4 Å². The van der Waals surface area contributed by atoms with Gasteiger partial charge < -0.3 is 10.6 Å². The fraction of sp³-hybridized carbons (Fsp3) is 0.529. The number of hydrogen-bond acceptors (Lipinski definition) is 2. The van der Waals surface area contributed by atoms with Gasteiger partial charge in [0.15, 0.2) is 0 Å². The van der Waals surface area contributed by atoms with Crippen LogP contribution in [0.4, 0.5) is 0 Å². The molecule has 1 unspecified atom stereocenters. The third-order valence-electron chi connectivity index (χ3n) is 3.38. The van der Waals surface area contributed by atoms with E-state index in [0.717, 1.165) is 18.4 Å². The largest absolute Gasteiger partial charge is 0.354 e. The maximum atomic E-state index is 12.2. The number of amides is 2. The van der Waals surface area contributed by atoms with Gasteiger partial charge in [0.1, 0.15) is 6.04 Å². The third-order valence-corrected chi connectivity index (χ3v) is 3.38. The second kappa shape index (κ2) is 8.45. The second-order valence-electron chi connectivity index (χ2n) is 5.71. The first-order chi connectivity index (χ1) is 9.95. The quantitative estimate of drug-likeness (QED) is 0.759. The molecule has 1 aromatic rings. The van der Waals surface area contributed by atoms with Crippen LogP contribution in [0, 0.1) is 12.8 Å². The predicted octanol–water partition coefficient (Wildman–Crippen LogP) is 2.67. The molecular weight excluding hydrogens is 264 g/mol. The Morgan fingerprint density at radius 2 is 1.76 bits per heavy atom. The first-order valence-corrected chi connectivity index (χ1v) is 7.61. The number of rotatable bonds is 7. The van der Waals surface area contributed by atoms with E-state index in [9.17, 15) is 9.59 Å². The minimum Gasteiger partial charge on any atom is -0.354 e. The zero-order valence-corrected chi connectivity index (χ0v) is 13.4. The first kappa shape index (κ1) is 17.2. The van der Waals surface area contributed by atoms with Crippen molar-refractivity contribution in [3.8, 4) is 0 Å². The number of unbranched alkanes of at least 4 members (excludes halogenated alkanes) is 1. The zero-order valence-electron chi connectivity index (χ0n) is 13.4. The Morgan fingerprint density at radius 1 is 1.14 bits per heavy atom. The van der Waals surface area contributed by atoms with Crippen LogP contribution in [0.5, 0.6) is 0 Å². The minimum absolute atomic E-state index is 0.0426. The molecule has 1 aromatic carbocycles. The molecule has 21 heavy (non-hydrogen) atoms. The van der Waals surface area contributed by atoms with E-state index in [2.05, 4.69) is 17.6 Å². The Morgan fingerprint density at radius 3 is 2.29 bits per heavy atom. The first-order valence-electron chi connectivity index (χ1n) is 7.61. The minimum atomic E-state index is -0.504. The van der Waals surface area contributed by atoms with Crippen LogP contribution in [-0.4, -0.2) is 24.4 Å². The van der Waals surface area contributed by atoms with Crippen molar-refractivity contribution in [2.24, 2.45) is 5.92 Å². The SMILES string of the molecule is CCCCNC(=O)C(NC(=O)c1ccc(C)cc1)C(C)C. The molecule has 0 bridgehead atoms. The summed E-state index contributed by atoms with van der Waals surface area (Å²) in [5, 5.41) is 5.71. The summed E-state index contributed by atoms with van der Waals surface area (Å²) in [7, 11) is 0. The average Bonchev–Trinajstić information content (AvgIpc) is 2.45. The van der Waals surface area contributed by atoms with Gasteiger partial charge in [0, 0.05) is 12.1 Å². The lowest BCUT2D eigenvalue weighted by molar-refractivity contribution is -0.123. The third kappa shape index (κ3) is 5.58. The number of carbonyl (C=O) groups is 2. The highest BCUT2D eigenvalue weighted by atomic mass is 16.2. The van der Waals surface area contributed by atoms with E-state index in [1.54, 1.807) is 12.1 Å². The number of nitrogens with one attached hydrogen (secondary N) is 2. The Labute approximate surface area is 127 Å². The molecule has 0 fully saturated rings. The zero-order chi connectivity index (χ0) is 15.8. The molecule has 1 atom stereocenters. The van der Waals surface area contributed by atoms with Crippen LogP contribution in [0.15, 0.2) is 24.3 Å². The van der Waals surface area contributed by atoms with E-state index in [-0.39, 0.29) is 17.7 Å². The van der Waals surface area contributed by atoms with E-state index >= 15 is 0 Å². The summed E-state index contributed by atoms with van der Waals surface area (Å²) in [5.74, 6) is -0.278. The van der Waals surface area contributed by atoms with Gasteiger partial charge in [0.25, 0.3) is 5.91 Å². The summed E-state index contributed by atoms with van der Waals surface area (Å²) in [6.07, 6.45) is 1.98. The highest BCUT2D eigenvalue weighted by Gasteiger charge is 2.24. The van der Waals surface area contributed by atoms with Crippen molar-refractivity contribution in [1.29, 1.82) is 0 Å². The van der Waals surface area contributed by atoms with Crippen molar-refractivity contribution in [1.82, 2.24) is 10.6 Å². The Hall–Kier alpha value is -1.84. The van der Waals surface area contributed by atoms with Crippen molar-refractivity contribution in [3.63, 3.8) is 0 Å². The smallest absolute Gasteiger partial charge is 0.251 e. The van der Waals surface area contributed by atoms with Crippen LogP contribution in [0.3, 0.4) is 0 Å². The lowest BCUT2D eigenvalue weighted by Crippen LogP contribution is -2.49. The van der Waals surface area contributed by atoms with Crippen LogP contribution in [-0.2, 0) is 4.79 Å². The van der Waals surface area contributed by atoms with Gasteiger partial charge in [-0.15, -0.1) is 0 Å². The van der Waals surface area contributed by atoms with Gasteiger partial charge in [0.05, 0.1) is 0 Å². The summed E-state index contributed by atoms with van der Waals surface area (Å²) >= 11 is 0. The van der Waals surface area contributed by atoms with Gasteiger partial charge in [-0.1, -0.05) is 44.9 Å². The number of carbonyl (C=O) groups excluding carboxylic acids is 2. The molecule has 2 amide bonds. The second-order valence-corrected chi connectivity index (χ2v) is 5.71. The predicted molar refractivity (Wildman–Crippen MR) is 85.2 cm³/mol. The van der Waals surface area contributed by atoms with Gasteiger partial charge in [-0.3, -0.25) is 9.59 Å². The van der Waals surface area contributed by atoms with E-state index in [0.29, 0.717) is 12.1 Å². The number of hydrogen-bond donors (Lipinski definition) is 2. The summed E-state index contributed by atoms with van der Waals surface area (Å²) in [4.78, 5) is 24.4. The number of benzene rings is 1. The maximum Gasteiger partial charge on any atom is 0.251 e. The van der Waals surface area contributed by atoms with Crippen LogP contribution < -0.4 is 10.6 Å². The average molecular weight is 290 g/mol. The molecule has 0 saturated carbocycles. The Bertz CT molecular complexity index is 466. The molecule has 0 aliphatic carbocycles. The molecule has 1 rings (SSSR count). The standard InChI is InChI=1S/C17H26N2O2/c1-5-6-11-18-17(21)15(12(2)3)19-16(20)14-9-7-13(4)8-10-14/h7-10,12,15H,5-6,11H2,1-4H3,(H,18,21)(H,19,20). The highest BCUT2D eigenvalue weighted by Crippen LogP contribution is 2.07. The van der Waals surface area contributed by atoms with Crippen LogP contribution >= 0.6 is 0 Å². The van der Waals surface area contributed by atoms with Crippen LogP contribution in [0.1, 0.15) is 49.5 Å². The molecule has 4 nitrogen and oxygen atoms in total. The molecular formula is C17H26N2O2. The topological polar surface area (TPSA) is 58.2 Å². The summed E-state index contributed by atoms with van der Waals surface area (Å²) < 4.78 is 0. The lowest BCUT2D eigenvalue weighted by atomic mass is 10.0. The van der Waals surface area contributed by atoms with Crippen LogP contribution in [0.25, 0.3) is 0 Å². The summed E-state index contributed by atoms with van der Waals surface area (Å²) in [6.45, 7) is 8.56. The van der Waals surface area contributed by atoms with E-state index < -0.39 is 6.04 Å². The van der Waals surface area contributed by atoms with Gasteiger partial charge >= 0.3 is 0 Å². The van der Waals surface area contributed by atoms with Gasteiger partial charge in [-0.2, -0.15) is 0 Å². The molecule has 0 heterocycles. The van der Waals surface area contributed by atoms with Crippen molar-refractivity contribution >= 4 is 11.8 Å². The molecule has 116 valence electrons. The molecule has 0 spiro atoms. The van der Waals surface area contributed by atoms with Crippen molar-refractivity contribution in [2.75, 3.05) is 6.54 Å². The summed E-state index contributed by atoms with van der Waals surface area (Å²) in [6, 6.07) is 6.82. The maximum absolute atomic E-state index is 12.2. The van der Waals surface area contributed by atoms with E-state index in [1.807, 2.05) is 32.9 Å². The lowest BCUT2D eigenvalue weighted by Gasteiger charge is -2.21. The monoisotopic (exact) mass is 290 g/mol. The Kier molecular flexibility index (Phi) is 6.92. The van der Waals surface area contributed by atoms with Crippen molar-refractivity contribution in [2.45, 2.75) is 46.6 Å². The normalized spacial score (nSPS) is 12.0. The van der Waals surface area contributed by atoms with Gasteiger partial charge in [-0.25, -0.2) is 0 Å². The van der Waals surface area contributed by atoms with E-state index in [1.165, 1.54) is 0 Å². The highest BCUT2D eigenvalue weighted by molar-refractivity contribution is 5.97. The molecule has 0 radical (unpaired) electrons. The van der Waals surface area contributed by atoms with Crippen LogP contribution in [0.2, 0.25) is 0 Å². The molecule has 0 aromatic heterocycles. The van der Waals surface area contributed by atoms with Gasteiger partial charge in [0.2, 0.25) is 5.91 Å². The fourth-order valence-electron chi connectivity index (χ4n) is 1.96. The van der Waals surface area contributed by atoms with E-state index in [4.69, 9.17) is 0 Å². The Balaban J connectivity index is 2.67.